The van der Waals surface area contributed by atoms with E-state index in [0.717, 1.165) is 38.2 Å². The molecule has 24 heavy (non-hydrogen) atoms. The van der Waals surface area contributed by atoms with E-state index in [1.165, 1.54) is 12.1 Å². The van der Waals surface area contributed by atoms with Gasteiger partial charge in [-0.2, -0.15) is 5.10 Å². The zero-order valence-electron chi connectivity index (χ0n) is 13.0. The normalized spacial score (nSPS) is 11.1. The molecular formula is C19H15FN3O+. The van der Waals surface area contributed by atoms with Crippen LogP contribution in [-0.2, 0) is 0 Å². The summed E-state index contributed by atoms with van der Waals surface area (Å²) in [4.78, 5) is 0. The van der Waals surface area contributed by atoms with Crippen LogP contribution in [-0.4, -0.2) is 14.8 Å². The number of hydrogen-bond acceptors (Lipinski definition) is 2. The molecule has 4 aromatic rings. The van der Waals surface area contributed by atoms with Gasteiger partial charge in [-0.15, -0.1) is 0 Å². The molecule has 4 nitrogen and oxygen atoms in total. The van der Waals surface area contributed by atoms with Gasteiger partial charge in [-0.3, -0.25) is 5.21 Å². The van der Waals surface area contributed by atoms with Crippen molar-refractivity contribution in [3.63, 3.8) is 0 Å². The summed E-state index contributed by atoms with van der Waals surface area (Å²) in [6, 6.07) is 14.0. The predicted molar refractivity (Wildman–Crippen MR) is 88.1 cm³/mol. The molecule has 5 heteroatoms. The number of pyridine rings is 2. The molecule has 0 saturated carbocycles. The lowest BCUT2D eigenvalue weighted by molar-refractivity contribution is -0.904. The van der Waals surface area contributed by atoms with Gasteiger partial charge in [0.15, 0.2) is 0 Å². The molecule has 1 N–H and O–H groups in total. The van der Waals surface area contributed by atoms with Crippen molar-refractivity contribution in [1.29, 1.82) is 0 Å². The molecule has 0 aliphatic heterocycles. The predicted octanol–water partition coefficient (Wildman–Crippen LogP) is 3.64. The minimum Gasteiger partial charge on any atom is -0.285 e. The van der Waals surface area contributed by atoms with Gasteiger partial charge in [0.05, 0.1) is 5.52 Å². The molecule has 0 atom stereocenters. The highest BCUT2D eigenvalue weighted by Crippen LogP contribution is 2.34. The lowest BCUT2D eigenvalue weighted by Crippen LogP contribution is -2.27. The fraction of sp³-hybridized carbons (Fsp3) is 0.0526. The Labute approximate surface area is 138 Å². The Morgan fingerprint density at radius 1 is 0.958 bits per heavy atom. The van der Waals surface area contributed by atoms with E-state index in [2.05, 4.69) is 0 Å². The minimum atomic E-state index is -0.277. The molecule has 3 heterocycles. The van der Waals surface area contributed by atoms with Crippen molar-refractivity contribution in [2.45, 2.75) is 6.92 Å². The average molecular weight is 320 g/mol. The van der Waals surface area contributed by atoms with Crippen LogP contribution in [0, 0.1) is 12.7 Å². The Morgan fingerprint density at radius 3 is 2.38 bits per heavy atom. The highest BCUT2D eigenvalue weighted by molar-refractivity contribution is 5.92. The molecule has 0 spiro atoms. The fourth-order valence-electron chi connectivity index (χ4n) is 2.83. The molecular weight excluding hydrogens is 305 g/mol. The second-order valence-corrected chi connectivity index (χ2v) is 5.73. The Hall–Kier alpha value is -3.21. The number of fused-ring (bicyclic) bond motifs is 1. The van der Waals surface area contributed by atoms with Crippen LogP contribution in [0.4, 0.5) is 4.39 Å². The van der Waals surface area contributed by atoms with E-state index in [9.17, 15) is 9.60 Å². The maximum Gasteiger partial charge on any atom is 0.222 e. The van der Waals surface area contributed by atoms with Crippen LogP contribution in [0.2, 0.25) is 0 Å². The van der Waals surface area contributed by atoms with Crippen molar-refractivity contribution < 1.29 is 14.3 Å². The van der Waals surface area contributed by atoms with Crippen LogP contribution in [0.3, 0.4) is 0 Å². The standard InChI is InChI=1S/C19H15FN3O/c1-13-2-7-17-18(14-8-10-22(24)11-9-14)19(21-23(17)12-13)15-3-5-16(20)6-4-15/h2-12,24H,1H3/q+1. The number of hydrogen-bond donors (Lipinski definition) is 1. The highest BCUT2D eigenvalue weighted by Gasteiger charge is 2.17. The molecule has 1 aromatic carbocycles. The molecule has 0 amide bonds. The van der Waals surface area contributed by atoms with Gasteiger partial charge in [0, 0.05) is 34.2 Å². The number of aromatic nitrogens is 3. The number of benzene rings is 1. The van der Waals surface area contributed by atoms with E-state index >= 15 is 0 Å². The molecule has 3 aromatic heterocycles. The first kappa shape index (κ1) is 14.4. The summed E-state index contributed by atoms with van der Waals surface area (Å²) in [7, 11) is 0. The maximum atomic E-state index is 13.3. The van der Waals surface area contributed by atoms with Gasteiger partial charge in [0.2, 0.25) is 12.4 Å². The van der Waals surface area contributed by atoms with Gasteiger partial charge in [-0.25, -0.2) is 8.91 Å². The maximum absolute atomic E-state index is 13.3. The zero-order valence-corrected chi connectivity index (χ0v) is 13.0. The van der Waals surface area contributed by atoms with Gasteiger partial charge < -0.3 is 0 Å². The summed E-state index contributed by atoms with van der Waals surface area (Å²) in [6.45, 7) is 2.01. The van der Waals surface area contributed by atoms with Crippen molar-refractivity contribution in [1.82, 2.24) is 9.61 Å². The fourth-order valence-corrected chi connectivity index (χ4v) is 2.83. The van der Waals surface area contributed by atoms with Crippen molar-refractivity contribution >= 4 is 5.52 Å². The van der Waals surface area contributed by atoms with Crippen LogP contribution < -0.4 is 4.73 Å². The summed E-state index contributed by atoms with van der Waals surface area (Å²) in [5, 5.41) is 14.2. The highest BCUT2D eigenvalue weighted by atomic mass is 19.1. The van der Waals surface area contributed by atoms with Gasteiger partial charge in [0.25, 0.3) is 0 Å². The number of nitrogens with zero attached hydrogens (tertiary/aromatic N) is 3. The molecule has 118 valence electrons. The van der Waals surface area contributed by atoms with Crippen molar-refractivity contribution in [2.24, 2.45) is 0 Å². The Bertz CT molecular complexity index is 1020. The van der Waals surface area contributed by atoms with E-state index in [-0.39, 0.29) is 5.82 Å². The van der Waals surface area contributed by atoms with E-state index in [1.807, 2.05) is 41.9 Å². The lowest BCUT2D eigenvalue weighted by Gasteiger charge is -2.03. The number of aryl methyl sites for hydroxylation is 1. The third-order valence-electron chi connectivity index (χ3n) is 4.00. The first-order chi connectivity index (χ1) is 11.6. The molecule has 0 aliphatic rings. The van der Waals surface area contributed by atoms with E-state index in [1.54, 1.807) is 24.5 Å². The number of halogens is 1. The average Bonchev–Trinajstić information content (AvgIpc) is 2.94. The van der Waals surface area contributed by atoms with E-state index in [4.69, 9.17) is 5.10 Å². The second kappa shape index (κ2) is 5.45. The first-order valence-electron chi connectivity index (χ1n) is 7.58. The SMILES string of the molecule is Cc1ccc2c(-c3cc[n+](O)cc3)c(-c3ccc(F)cc3)nn2c1. The van der Waals surface area contributed by atoms with Crippen LogP contribution in [0.1, 0.15) is 5.56 Å². The summed E-state index contributed by atoms with van der Waals surface area (Å²) in [6.07, 6.45) is 5.10. The van der Waals surface area contributed by atoms with Crippen molar-refractivity contribution in [2.75, 3.05) is 0 Å². The van der Waals surface area contributed by atoms with Gasteiger partial charge in [-0.05, 0) is 48.4 Å². The summed E-state index contributed by atoms with van der Waals surface area (Å²) < 4.78 is 16.1. The van der Waals surface area contributed by atoms with Crippen molar-refractivity contribution in [3.8, 4) is 22.4 Å². The Kier molecular flexibility index (Phi) is 3.27. The largest absolute Gasteiger partial charge is 0.285 e. The Balaban J connectivity index is 2.02. The summed E-state index contributed by atoms with van der Waals surface area (Å²) >= 11 is 0. The monoisotopic (exact) mass is 320 g/mol. The summed E-state index contributed by atoms with van der Waals surface area (Å²) in [5.74, 6) is -0.277. The van der Waals surface area contributed by atoms with E-state index in [0.29, 0.717) is 0 Å². The third kappa shape index (κ3) is 2.40. The van der Waals surface area contributed by atoms with Crippen LogP contribution in [0.15, 0.2) is 67.1 Å². The molecule has 4 rings (SSSR count). The van der Waals surface area contributed by atoms with Crippen molar-refractivity contribution in [3.05, 3.63) is 78.5 Å². The third-order valence-corrected chi connectivity index (χ3v) is 4.00. The molecule has 0 fully saturated rings. The second-order valence-electron chi connectivity index (χ2n) is 5.73. The van der Waals surface area contributed by atoms with E-state index < -0.39 is 0 Å². The van der Waals surface area contributed by atoms with Gasteiger partial charge in [0.1, 0.15) is 11.5 Å². The van der Waals surface area contributed by atoms with Gasteiger partial charge >= 0.3 is 0 Å². The van der Waals surface area contributed by atoms with Crippen LogP contribution in [0.5, 0.6) is 0 Å². The zero-order chi connectivity index (χ0) is 16.7. The Morgan fingerprint density at radius 2 is 1.67 bits per heavy atom. The first-order valence-corrected chi connectivity index (χ1v) is 7.58. The molecule has 0 unspecified atom stereocenters. The molecule has 0 radical (unpaired) electrons. The smallest absolute Gasteiger partial charge is 0.222 e. The molecule has 0 aliphatic carbocycles. The number of rotatable bonds is 2. The van der Waals surface area contributed by atoms with Crippen LogP contribution in [0.25, 0.3) is 27.9 Å². The van der Waals surface area contributed by atoms with Crippen LogP contribution >= 0.6 is 0 Å². The topological polar surface area (TPSA) is 41.4 Å². The quantitative estimate of drug-likeness (QED) is 0.452. The minimum absolute atomic E-state index is 0.277. The molecule has 0 bridgehead atoms. The summed E-state index contributed by atoms with van der Waals surface area (Å²) in [5.41, 5.74) is 5.55. The lowest BCUT2D eigenvalue weighted by atomic mass is 10.0. The molecule has 0 saturated heterocycles. The van der Waals surface area contributed by atoms with Gasteiger partial charge in [-0.1, -0.05) is 6.07 Å².